The van der Waals surface area contributed by atoms with Crippen molar-refractivity contribution in [2.24, 2.45) is 0 Å². The summed E-state index contributed by atoms with van der Waals surface area (Å²) in [6.45, 7) is 7.15. The SMILES string of the molecule is Cc1ncnc(N2CC(N(C)CC(=O)N3CCCc4ccccc43)C2)c1C. The van der Waals surface area contributed by atoms with E-state index in [-0.39, 0.29) is 5.91 Å². The van der Waals surface area contributed by atoms with Crippen LogP contribution in [0.15, 0.2) is 30.6 Å². The number of fused-ring (bicyclic) bond motifs is 1. The zero-order valence-corrected chi connectivity index (χ0v) is 16.4. The highest BCUT2D eigenvalue weighted by molar-refractivity contribution is 5.96. The number of benzene rings is 1. The van der Waals surface area contributed by atoms with Crippen molar-refractivity contribution < 1.29 is 4.79 Å². The summed E-state index contributed by atoms with van der Waals surface area (Å²) in [6, 6.07) is 8.65. The van der Waals surface area contributed by atoms with Crippen molar-refractivity contribution in [1.29, 1.82) is 0 Å². The van der Waals surface area contributed by atoms with Gasteiger partial charge in [-0.05, 0) is 45.4 Å². The Labute approximate surface area is 160 Å². The second kappa shape index (κ2) is 7.27. The molecule has 0 atom stereocenters. The molecule has 1 saturated heterocycles. The molecule has 0 unspecified atom stereocenters. The van der Waals surface area contributed by atoms with Crippen LogP contribution in [0.4, 0.5) is 11.5 Å². The second-order valence-electron chi connectivity index (χ2n) is 7.66. The summed E-state index contributed by atoms with van der Waals surface area (Å²) < 4.78 is 0. The lowest BCUT2D eigenvalue weighted by Gasteiger charge is -2.45. The molecular weight excluding hydrogens is 338 g/mol. The van der Waals surface area contributed by atoms with E-state index in [2.05, 4.69) is 44.9 Å². The van der Waals surface area contributed by atoms with Crippen LogP contribution in [0.2, 0.25) is 0 Å². The molecule has 0 spiro atoms. The lowest BCUT2D eigenvalue weighted by Crippen LogP contribution is -2.60. The van der Waals surface area contributed by atoms with Crippen LogP contribution >= 0.6 is 0 Å². The zero-order valence-electron chi connectivity index (χ0n) is 16.4. The summed E-state index contributed by atoms with van der Waals surface area (Å²) in [5.74, 6) is 1.21. The fourth-order valence-electron chi connectivity index (χ4n) is 3.97. The van der Waals surface area contributed by atoms with Gasteiger partial charge in [0.15, 0.2) is 0 Å². The fourth-order valence-corrected chi connectivity index (χ4v) is 3.97. The summed E-state index contributed by atoms with van der Waals surface area (Å²) in [5, 5.41) is 0. The number of rotatable bonds is 4. The number of nitrogens with zero attached hydrogens (tertiary/aromatic N) is 5. The van der Waals surface area contributed by atoms with E-state index in [4.69, 9.17) is 0 Å². The second-order valence-corrected chi connectivity index (χ2v) is 7.66. The van der Waals surface area contributed by atoms with Gasteiger partial charge >= 0.3 is 0 Å². The molecule has 0 saturated carbocycles. The Balaban J connectivity index is 1.36. The quantitative estimate of drug-likeness (QED) is 0.831. The van der Waals surface area contributed by atoms with Crippen LogP contribution < -0.4 is 9.80 Å². The van der Waals surface area contributed by atoms with Crippen LogP contribution in [0.25, 0.3) is 0 Å². The zero-order chi connectivity index (χ0) is 19.0. The predicted octanol–water partition coefficient (Wildman–Crippen LogP) is 2.19. The molecule has 0 N–H and O–H groups in total. The molecule has 2 aromatic rings. The largest absolute Gasteiger partial charge is 0.353 e. The highest BCUT2D eigenvalue weighted by Crippen LogP contribution is 2.28. The number of amides is 1. The first-order valence-electron chi connectivity index (χ1n) is 9.66. The number of hydrogen-bond donors (Lipinski definition) is 0. The monoisotopic (exact) mass is 365 g/mol. The number of aryl methyl sites for hydroxylation is 2. The molecule has 0 aliphatic carbocycles. The molecule has 1 aromatic carbocycles. The van der Waals surface area contributed by atoms with E-state index >= 15 is 0 Å². The van der Waals surface area contributed by atoms with Gasteiger partial charge in [0.1, 0.15) is 12.1 Å². The van der Waals surface area contributed by atoms with E-state index in [9.17, 15) is 4.79 Å². The number of para-hydroxylation sites is 1. The third kappa shape index (κ3) is 3.41. The third-order valence-corrected chi connectivity index (χ3v) is 5.89. The van der Waals surface area contributed by atoms with Gasteiger partial charge in [0.2, 0.25) is 5.91 Å². The first-order valence-corrected chi connectivity index (χ1v) is 9.66. The number of anilines is 2. The molecule has 2 aliphatic heterocycles. The van der Waals surface area contributed by atoms with E-state index in [1.165, 1.54) is 5.56 Å². The minimum atomic E-state index is 0.192. The Kier molecular flexibility index (Phi) is 4.83. The Morgan fingerprint density at radius 3 is 2.81 bits per heavy atom. The number of carbonyl (C=O) groups is 1. The van der Waals surface area contributed by atoms with E-state index in [1.54, 1.807) is 6.33 Å². The van der Waals surface area contributed by atoms with Crippen LogP contribution in [0, 0.1) is 13.8 Å². The molecule has 1 amide bonds. The van der Waals surface area contributed by atoms with Gasteiger partial charge in [-0.2, -0.15) is 0 Å². The average Bonchev–Trinajstić information content (AvgIpc) is 2.63. The predicted molar refractivity (Wildman–Crippen MR) is 107 cm³/mol. The third-order valence-electron chi connectivity index (χ3n) is 5.89. The smallest absolute Gasteiger partial charge is 0.241 e. The first-order chi connectivity index (χ1) is 13.0. The minimum absolute atomic E-state index is 0.192. The van der Waals surface area contributed by atoms with E-state index in [1.807, 2.05) is 24.9 Å². The molecular formula is C21H27N5O. The Morgan fingerprint density at radius 1 is 1.22 bits per heavy atom. The molecule has 6 nitrogen and oxygen atoms in total. The van der Waals surface area contributed by atoms with Crippen molar-refractivity contribution in [1.82, 2.24) is 14.9 Å². The van der Waals surface area contributed by atoms with Crippen LogP contribution in [-0.2, 0) is 11.2 Å². The van der Waals surface area contributed by atoms with Gasteiger partial charge in [0.25, 0.3) is 0 Å². The number of aromatic nitrogens is 2. The molecule has 0 bridgehead atoms. The molecule has 27 heavy (non-hydrogen) atoms. The standard InChI is InChI=1S/C21H27N5O/c1-15-16(2)22-14-23-21(15)25-11-18(12-25)24(3)13-20(27)26-10-6-8-17-7-4-5-9-19(17)26/h4-5,7,9,14,18H,6,8,10-13H2,1-3H3. The normalized spacial score (nSPS) is 17.0. The maximum Gasteiger partial charge on any atom is 0.241 e. The summed E-state index contributed by atoms with van der Waals surface area (Å²) in [6.07, 6.45) is 3.73. The Hall–Kier alpha value is -2.47. The molecule has 2 aliphatic rings. The molecule has 142 valence electrons. The summed E-state index contributed by atoms with van der Waals surface area (Å²) in [4.78, 5) is 28.0. The summed E-state index contributed by atoms with van der Waals surface area (Å²) in [5.41, 5.74) is 4.53. The van der Waals surface area contributed by atoms with Crippen molar-refractivity contribution in [3.8, 4) is 0 Å². The fraction of sp³-hybridized carbons (Fsp3) is 0.476. The first kappa shape index (κ1) is 17.9. The van der Waals surface area contributed by atoms with Crippen molar-refractivity contribution >= 4 is 17.4 Å². The van der Waals surface area contributed by atoms with Crippen LogP contribution in [0.3, 0.4) is 0 Å². The van der Waals surface area contributed by atoms with Gasteiger partial charge < -0.3 is 9.80 Å². The Bertz CT molecular complexity index is 846. The number of hydrogen-bond acceptors (Lipinski definition) is 5. The average molecular weight is 365 g/mol. The van der Waals surface area contributed by atoms with Gasteiger partial charge in [0, 0.05) is 42.6 Å². The molecule has 4 rings (SSSR count). The molecule has 0 radical (unpaired) electrons. The van der Waals surface area contributed by atoms with Gasteiger partial charge in [-0.3, -0.25) is 9.69 Å². The van der Waals surface area contributed by atoms with Crippen molar-refractivity contribution in [3.63, 3.8) is 0 Å². The summed E-state index contributed by atoms with van der Waals surface area (Å²) in [7, 11) is 2.05. The maximum atomic E-state index is 12.9. The summed E-state index contributed by atoms with van der Waals surface area (Å²) >= 11 is 0. The van der Waals surface area contributed by atoms with Gasteiger partial charge in [0.05, 0.1) is 6.54 Å². The number of likely N-dealkylation sites (N-methyl/N-ethyl adjacent to an activating group) is 1. The van der Waals surface area contributed by atoms with Crippen LogP contribution in [-0.4, -0.2) is 60.0 Å². The molecule has 3 heterocycles. The van der Waals surface area contributed by atoms with Gasteiger partial charge in [-0.1, -0.05) is 18.2 Å². The highest BCUT2D eigenvalue weighted by atomic mass is 16.2. The highest BCUT2D eigenvalue weighted by Gasteiger charge is 2.33. The maximum absolute atomic E-state index is 12.9. The number of carbonyl (C=O) groups excluding carboxylic acids is 1. The lowest BCUT2D eigenvalue weighted by atomic mass is 10.0. The topological polar surface area (TPSA) is 52.6 Å². The Morgan fingerprint density at radius 2 is 2.00 bits per heavy atom. The minimum Gasteiger partial charge on any atom is -0.353 e. The van der Waals surface area contributed by atoms with E-state index in [0.717, 1.165) is 55.2 Å². The van der Waals surface area contributed by atoms with Crippen molar-refractivity contribution in [2.75, 3.05) is 43.0 Å². The molecule has 1 fully saturated rings. The lowest BCUT2D eigenvalue weighted by molar-refractivity contribution is -0.120. The molecule has 1 aromatic heterocycles. The van der Waals surface area contributed by atoms with E-state index in [0.29, 0.717) is 12.6 Å². The van der Waals surface area contributed by atoms with Crippen LogP contribution in [0.5, 0.6) is 0 Å². The molecule has 6 heteroatoms. The van der Waals surface area contributed by atoms with Crippen molar-refractivity contribution in [3.05, 3.63) is 47.4 Å². The van der Waals surface area contributed by atoms with Gasteiger partial charge in [-0.15, -0.1) is 0 Å². The van der Waals surface area contributed by atoms with E-state index < -0.39 is 0 Å². The van der Waals surface area contributed by atoms with Crippen LogP contribution in [0.1, 0.15) is 23.2 Å². The van der Waals surface area contributed by atoms with Crippen molar-refractivity contribution in [2.45, 2.75) is 32.7 Å². The van der Waals surface area contributed by atoms with Gasteiger partial charge in [-0.25, -0.2) is 9.97 Å².